The van der Waals surface area contributed by atoms with Crippen molar-refractivity contribution in [2.75, 3.05) is 17.3 Å². The summed E-state index contributed by atoms with van der Waals surface area (Å²) in [4.78, 5) is 22.1. The molecule has 6 fully saturated rings. The van der Waals surface area contributed by atoms with E-state index < -0.39 is 91.5 Å². The molecular formula is C87H98B5FN10O20S5. The van der Waals surface area contributed by atoms with Gasteiger partial charge in [0.25, 0.3) is 0 Å². The van der Waals surface area contributed by atoms with Crippen molar-refractivity contribution < 1.29 is 94.9 Å². The van der Waals surface area contributed by atoms with Crippen LogP contribution in [0.1, 0.15) is 195 Å². The summed E-state index contributed by atoms with van der Waals surface area (Å²) in [6, 6.07) is 4.45. The van der Waals surface area contributed by atoms with Gasteiger partial charge < -0.3 is 48.4 Å². The van der Waals surface area contributed by atoms with Gasteiger partial charge in [-0.05, 0) is 208 Å². The van der Waals surface area contributed by atoms with Crippen molar-refractivity contribution in [1.29, 1.82) is 0 Å². The standard InChI is InChI=1S/C20H18BFN2O4S.C17H19BN2O4S.2C17H21BN2O4S.C16H19BN2O4S/c22-13-4-6-15(7-5-13)29(26,27)24-14-8-12(9-14)17-10-21(25)28-19-11-23-18-3-1-2-16(18)20(17)19;21-18-8-14(10-6-11(7-10)20-25(22,23)12-4-5-12)17-13-2-1-3-15(13)19-9-16(17)24-18;2*1-2-6-25(22,23)20-12-7-11(8-12)14-9-18(21)24-16-10-19-15-5-3-4-13(15)17(14)16;1-2-24(21,22)19-11-6-10(7-11)13-8-17(20)23-15-9-18-14-5-3-4-12(14)16(13)15/h1-2,4-7,10-12,14,24-25H,3,8-9H2;1-2,8-12,20-21H,3-7H2;2*3-4,9-12,20-21H,2,5-8H2,1H3;3-4,8-11,19-20H,2,5-7H2,1H3. The third-order valence-electron chi connectivity index (χ3n) is 26.1. The second-order valence-corrected chi connectivity index (χ2v) is 44.6. The van der Waals surface area contributed by atoms with Gasteiger partial charge in [-0.2, -0.15) is 0 Å². The van der Waals surface area contributed by atoms with E-state index in [4.69, 9.17) is 23.3 Å². The molecule has 0 amide bonds. The monoisotopic (exact) mass is 1840 g/mol. The van der Waals surface area contributed by atoms with E-state index in [1.54, 1.807) is 67.8 Å². The summed E-state index contributed by atoms with van der Waals surface area (Å²) in [5, 5.41) is 49.9. The third kappa shape index (κ3) is 19.1. The van der Waals surface area contributed by atoms with Crippen molar-refractivity contribution in [2.24, 2.45) is 29.6 Å². The number of nitrogens with one attached hydrogen (secondary N) is 5. The minimum atomic E-state index is -3.70. The second kappa shape index (κ2) is 36.3. The van der Waals surface area contributed by atoms with E-state index in [2.05, 4.69) is 91.1 Å². The lowest BCUT2D eigenvalue weighted by Gasteiger charge is -2.39. The van der Waals surface area contributed by atoms with Crippen LogP contribution in [0.4, 0.5) is 4.39 Å². The molecule has 10 N–H and O–H groups in total. The van der Waals surface area contributed by atoms with E-state index in [-0.39, 0.29) is 87.2 Å². The normalized spacial score (nSPS) is 24.5. The van der Waals surface area contributed by atoms with Crippen molar-refractivity contribution in [3.63, 3.8) is 0 Å². The minimum absolute atomic E-state index is 0.00892. The highest BCUT2D eigenvalue weighted by Crippen LogP contribution is 2.53. The molecule has 128 heavy (non-hydrogen) atoms. The van der Waals surface area contributed by atoms with Crippen molar-refractivity contribution in [2.45, 2.75) is 183 Å². The molecule has 1 aromatic carbocycles. The number of hydrogen-bond donors (Lipinski definition) is 10. The Kier molecular flexibility index (Phi) is 25.4. The fraction of sp³-hybridized carbons (Fsp3) is 0.414. The van der Waals surface area contributed by atoms with Gasteiger partial charge in [-0.15, -0.1) is 0 Å². The highest BCUT2D eigenvalue weighted by molar-refractivity contribution is 7.90. The Morgan fingerprint density at radius 1 is 0.359 bits per heavy atom. The quantitative estimate of drug-likeness (QED) is 0.0288. The maximum absolute atomic E-state index is 13.1. The molecule has 0 bridgehead atoms. The van der Waals surface area contributed by atoms with Gasteiger partial charge in [0.05, 0.1) is 86.9 Å². The summed E-state index contributed by atoms with van der Waals surface area (Å²) in [5.74, 6) is 12.6. The molecule has 0 atom stereocenters. The van der Waals surface area contributed by atoms with Crippen LogP contribution in [0.15, 0.2) is 120 Å². The number of nitrogens with zero attached hydrogens (tertiary/aromatic N) is 5. The third-order valence-corrected chi connectivity index (χ3v) is 34.4. The molecular weight excluding hydrogens is 1740 g/mol. The van der Waals surface area contributed by atoms with Crippen molar-refractivity contribution in [1.82, 2.24) is 48.5 Å². The molecule has 5 aliphatic heterocycles. The number of halogens is 1. The fourth-order valence-corrected chi connectivity index (χ4v) is 25.9. The van der Waals surface area contributed by atoms with Crippen LogP contribution < -0.4 is 46.9 Å². The van der Waals surface area contributed by atoms with Gasteiger partial charge >= 0.3 is 35.6 Å². The maximum atomic E-state index is 13.1. The molecule has 0 unspecified atom stereocenters. The van der Waals surface area contributed by atoms with E-state index in [1.165, 1.54) is 12.1 Å². The van der Waals surface area contributed by atoms with Gasteiger partial charge in [0, 0.05) is 118 Å². The van der Waals surface area contributed by atoms with Crippen LogP contribution in [-0.2, 0) is 82.2 Å². The number of sulfonamides is 5. The fourth-order valence-electron chi connectivity index (χ4n) is 19.5. The number of hydrogen-bond acceptors (Lipinski definition) is 25. The molecule has 41 heteroatoms. The summed E-state index contributed by atoms with van der Waals surface area (Å²) in [6.07, 6.45) is 42.8. The van der Waals surface area contributed by atoms with Crippen LogP contribution >= 0.6 is 0 Å². The Balaban J connectivity index is 0.000000108. The first-order valence-electron chi connectivity index (χ1n) is 43.9. The van der Waals surface area contributed by atoms with Crippen LogP contribution in [-0.4, -0.2) is 180 Å². The van der Waals surface area contributed by atoms with Crippen LogP contribution in [0.2, 0.25) is 0 Å². The smallest absolute Gasteiger partial charge is 0.531 e. The van der Waals surface area contributed by atoms with E-state index >= 15 is 0 Å². The Morgan fingerprint density at radius 2 is 0.609 bits per heavy atom. The van der Waals surface area contributed by atoms with Crippen molar-refractivity contribution >= 4 is 144 Å². The zero-order valence-corrected chi connectivity index (χ0v) is 74.7. The first kappa shape index (κ1) is 89.6. The van der Waals surface area contributed by atoms with Crippen molar-refractivity contribution in [3.05, 3.63) is 205 Å². The first-order chi connectivity index (χ1) is 61.3. The molecule has 5 aromatic heterocycles. The zero-order chi connectivity index (χ0) is 89.5. The highest BCUT2D eigenvalue weighted by atomic mass is 32.2. The first-order valence-corrected chi connectivity index (χ1v) is 51.9. The predicted molar refractivity (Wildman–Crippen MR) is 489 cm³/mol. The molecule has 6 saturated carbocycles. The molecule has 10 heterocycles. The SMILES string of the molecule is CCCS(=O)(=O)NC1CC(C2=CB(O)Oc3cnc4c(c32)C=CC4)C1.CCCS(=O)(=O)NC1CC(C2=CB(O)Oc3cnc4c(c32)C=CC4)C1.CCS(=O)(=O)NC1CC(C2=CB(O)Oc3cnc4c(c32)C=CC4)C1.O=S(=O)(NC1CC(C2=CB(O)Oc3cnc4c(c32)C=CC4)C1)C1CC1.O=S(=O)(NC1CC(C2=CB(O)Oc3cnc4c(c32)C=CC4)C1)c1ccc(F)cc1. The maximum Gasteiger partial charge on any atom is 0.552 e. The van der Waals surface area contributed by atoms with Gasteiger partial charge in [-0.1, -0.05) is 74.6 Å². The number of allylic oxidation sites excluding steroid dienone is 10. The van der Waals surface area contributed by atoms with E-state index in [0.717, 1.165) is 220 Å². The van der Waals surface area contributed by atoms with E-state index in [9.17, 15) is 71.6 Å². The Morgan fingerprint density at radius 3 is 0.859 bits per heavy atom. The average Bonchev–Trinajstić information content (AvgIpc) is 1.40. The van der Waals surface area contributed by atoms with Gasteiger partial charge in [0.1, 0.15) is 34.6 Å². The van der Waals surface area contributed by atoms with Crippen LogP contribution in [0.3, 0.4) is 0 Å². The molecule has 0 saturated heterocycles. The zero-order valence-electron chi connectivity index (χ0n) is 70.7. The second-order valence-electron chi connectivity index (χ2n) is 35.1. The summed E-state index contributed by atoms with van der Waals surface area (Å²) < 4.78 is 175. The lowest BCUT2D eigenvalue weighted by Crippen LogP contribution is -2.46. The van der Waals surface area contributed by atoms with Crippen molar-refractivity contribution in [3.8, 4) is 28.7 Å². The Labute approximate surface area is 746 Å². The van der Waals surface area contributed by atoms with E-state index in [0.29, 0.717) is 54.4 Å². The number of fused-ring (bicyclic) bond motifs is 15. The highest BCUT2D eigenvalue weighted by Gasteiger charge is 2.47. The van der Waals surface area contributed by atoms with Gasteiger partial charge in [-0.25, -0.2) is 70.1 Å². The molecule has 6 aromatic rings. The van der Waals surface area contributed by atoms with Crippen LogP contribution in [0.25, 0.3) is 58.2 Å². The number of benzene rings is 1. The molecule has 0 spiro atoms. The molecule has 16 aliphatic rings. The summed E-state index contributed by atoms with van der Waals surface area (Å²) in [7, 11) is -21.4. The minimum Gasteiger partial charge on any atom is -0.531 e. The predicted octanol–water partition coefficient (Wildman–Crippen LogP) is 7.92. The Hall–Kier alpha value is -9.03. The number of pyridine rings is 5. The molecule has 668 valence electrons. The van der Waals surface area contributed by atoms with Gasteiger partial charge in [-0.3, -0.25) is 24.9 Å². The average molecular weight is 1840 g/mol. The van der Waals surface area contributed by atoms with Gasteiger partial charge in [0.2, 0.25) is 50.1 Å². The number of rotatable bonds is 22. The van der Waals surface area contributed by atoms with Crippen LogP contribution in [0.5, 0.6) is 28.7 Å². The summed E-state index contributed by atoms with van der Waals surface area (Å²) in [6.45, 7) is 5.35. The van der Waals surface area contributed by atoms with Gasteiger partial charge in [0.15, 0.2) is 0 Å². The lowest BCUT2D eigenvalue weighted by atomic mass is 9.68. The Bertz CT molecular complexity index is 6230. The van der Waals surface area contributed by atoms with Crippen LogP contribution in [0, 0.1) is 35.4 Å². The molecule has 0 radical (unpaired) electrons. The largest absolute Gasteiger partial charge is 0.552 e. The number of aromatic nitrogens is 5. The molecule has 22 rings (SSSR count). The molecule has 11 aliphatic carbocycles. The summed E-state index contributed by atoms with van der Waals surface area (Å²) in [5.41, 5.74) is 20.4. The lowest BCUT2D eigenvalue weighted by molar-refractivity contribution is 0.308. The topological polar surface area (TPSA) is 443 Å². The summed E-state index contributed by atoms with van der Waals surface area (Å²) >= 11 is 0. The molecule has 30 nitrogen and oxygen atoms in total. The van der Waals surface area contributed by atoms with E-state index in [1.807, 2.05) is 32.1 Å².